The van der Waals surface area contributed by atoms with E-state index in [9.17, 15) is 8.42 Å². The molecular formula is C16H21ClN2O2S2. The molecule has 0 saturated heterocycles. The van der Waals surface area contributed by atoms with Crippen LogP contribution in [0, 0.1) is 0 Å². The highest BCUT2D eigenvalue weighted by Gasteiger charge is 2.21. The Morgan fingerprint density at radius 1 is 1.17 bits per heavy atom. The Labute approximate surface area is 147 Å². The van der Waals surface area contributed by atoms with Gasteiger partial charge in [0.05, 0.1) is 4.34 Å². The molecule has 2 aromatic rings. The number of nitrogens with one attached hydrogen (secondary N) is 1. The van der Waals surface area contributed by atoms with Gasteiger partial charge in [0.25, 0.3) is 0 Å². The molecule has 2 rings (SSSR count). The molecule has 1 aromatic carbocycles. The summed E-state index contributed by atoms with van der Waals surface area (Å²) in [6.07, 6.45) is 0.985. The highest BCUT2D eigenvalue weighted by Crippen LogP contribution is 2.26. The highest BCUT2D eigenvalue weighted by molar-refractivity contribution is 7.91. The van der Waals surface area contributed by atoms with Gasteiger partial charge < -0.3 is 4.90 Å². The molecule has 0 spiro atoms. The van der Waals surface area contributed by atoms with E-state index >= 15 is 0 Å². The van der Waals surface area contributed by atoms with E-state index in [2.05, 4.69) is 35.9 Å². The van der Waals surface area contributed by atoms with Crippen LogP contribution in [0.3, 0.4) is 0 Å². The van der Waals surface area contributed by atoms with E-state index in [1.165, 1.54) is 11.6 Å². The second-order valence-electron chi connectivity index (χ2n) is 5.48. The molecule has 0 unspecified atom stereocenters. The van der Waals surface area contributed by atoms with E-state index in [1.54, 1.807) is 6.07 Å². The minimum atomic E-state index is -3.53. The van der Waals surface area contributed by atoms with Crippen LogP contribution in [-0.2, 0) is 16.4 Å². The predicted octanol–water partition coefficient (Wildman–Crippen LogP) is 3.55. The summed E-state index contributed by atoms with van der Waals surface area (Å²) < 4.78 is 28.0. The van der Waals surface area contributed by atoms with Crippen LogP contribution >= 0.6 is 22.9 Å². The lowest BCUT2D eigenvalue weighted by Crippen LogP contribution is -2.34. The summed E-state index contributed by atoms with van der Waals surface area (Å²) in [5, 5.41) is 0. The number of hydrogen-bond acceptors (Lipinski definition) is 4. The molecule has 0 amide bonds. The molecule has 1 aromatic heterocycles. The lowest BCUT2D eigenvalue weighted by Gasteiger charge is -2.25. The molecule has 1 heterocycles. The summed E-state index contributed by atoms with van der Waals surface area (Å²) in [6.45, 7) is 2.41. The SMILES string of the molecule is CCc1ccc([C@@H](CNS(=O)(=O)c2ccc(Cl)s2)N(C)C)cc1. The zero-order valence-corrected chi connectivity index (χ0v) is 15.8. The summed E-state index contributed by atoms with van der Waals surface area (Å²) in [5.74, 6) is 0. The molecule has 0 bridgehead atoms. The number of rotatable bonds is 7. The molecule has 0 saturated carbocycles. The number of nitrogens with zero attached hydrogens (tertiary/aromatic N) is 1. The second-order valence-corrected chi connectivity index (χ2v) is 9.19. The lowest BCUT2D eigenvalue weighted by atomic mass is 10.0. The first-order chi connectivity index (χ1) is 10.8. The Bertz CT molecular complexity index is 740. The monoisotopic (exact) mass is 372 g/mol. The average Bonchev–Trinajstić information content (AvgIpc) is 2.95. The van der Waals surface area contributed by atoms with Crippen molar-refractivity contribution in [3.63, 3.8) is 0 Å². The van der Waals surface area contributed by atoms with Gasteiger partial charge in [0.1, 0.15) is 4.21 Å². The van der Waals surface area contributed by atoms with Crippen molar-refractivity contribution in [2.45, 2.75) is 23.6 Å². The molecule has 1 atom stereocenters. The first-order valence-corrected chi connectivity index (χ1v) is 10.0. The van der Waals surface area contributed by atoms with E-state index < -0.39 is 10.0 Å². The fourth-order valence-corrected chi connectivity index (χ4v) is 4.84. The van der Waals surface area contributed by atoms with Crippen LogP contribution in [0.4, 0.5) is 0 Å². The van der Waals surface area contributed by atoms with Gasteiger partial charge in [0, 0.05) is 12.6 Å². The third kappa shape index (κ3) is 4.78. The maximum absolute atomic E-state index is 12.3. The minimum Gasteiger partial charge on any atom is -0.301 e. The van der Waals surface area contributed by atoms with Crippen LogP contribution in [0.1, 0.15) is 24.1 Å². The molecule has 0 aliphatic heterocycles. The van der Waals surface area contributed by atoms with Gasteiger partial charge in [-0.3, -0.25) is 0 Å². The molecular weight excluding hydrogens is 352 g/mol. The molecule has 23 heavy (non-hydrogen) atoms. The number of sulfonamides is 1. The van der Waals surface area contributed by atoms with Crippen LogP contribution in [0.15, 0.2) is 40.6 Å². The van der Waals surface area contributed by atoms with Crippen LogP contribution in [0.2, 0.25) is 4.34 Å². The Hall–Kier alpha value is -0.920. The minimum absolute atomic E-state index is 0.0360. The zero-order valence-electron chi connectivity index (χ0n) is 13.4. The summed E-state index contributed by atoms with van der Waals surface area (Å²) in [7, 11) is 0.347. The van der Waals surface area contributed by atoms with Crippen LogP contribution in [0.5, 0.6) is 0 Å². The summed E-state index contributed by atoms with van der Waals surface area (Å²) in [5.41, 5.74) is 2.35. The topological polar surface area (TPSA) is 49.4 Å². The van der Waals surface area contributed by atoms with E-state index in [-0.39, 0.29) is 10.3 Å². The molecule has 0 fully saturated rings. The number of halogens is 1. The van der Waals surface area contributed by atoms with Gasteiger partial charge in [0.2, 0.25) is 10.0 Å². The van der Waals surface area contributed by atoms with Gasteiger partial charge >= 0.3 is 0 Å². The second kappa shape index (κ2) is 7.77. The maximum Gasteiger partial charge on any atom is 0.250 e. The number of benzene rings is 1. The van der Waals surface area contributed by atoms with Gasteiger partial charge in [-0.25, -0.2) is 13.1 Å². The van der Waals surface area contributed by atoms with E-state index in [4.69, 9.17) is 11.6 Å². The fourth-order valence-electron chi connectivity index (χ4n) is 2.28. The highest BCUT2D eigenvalue weighted by atomic mass is 35.5. The van der Waals surface area contributed by atoms with Gasteiger partial charge in [0.15, 0.2) is 0 Å². The molecule has 0 radical (unpaired) electrons. The smallest absolute Gasteiger partial charge is 0.250 e. The van der Waals surface area contributed by atoms with Crippen LogP contribution in [-0.4, -0.2) is 34.0 Å². The van der Waals surface area contributed by atoms with Crippen molar-refractivity contribution in [3.8, 4) is 0 Å². The molecule has 7 heteroatoms. The lowest BCUT2D eigenvalue weighted by molar-refractivity contribution is 0.299. The first kappa shape index (κ1) is 18.4. The number of thiophene rings is 1. The van der Waals surface area contributed by atoms with Crippen molar-refractivity contribution in [2.75, 3.05) is 20.6 Å². The molecule has 126 valence electrons. The van der Waals surface area contributed by atoms with Crippen LogP contribution in [0.25, 0.3) is 0 Å². The normalized spacial score (nSPS) is 13.4. The van der Waals surface area contributed by atoms with E-state index in [0.29, 0.717) is 10.9 Å². The summed E-state index contributed by atoms with van der Waals surface area (Å²) in [6, 6.07) is 11.4. The number of likely N-dealkylation sites (N-methyl/N-ethyl adjacent to an activating group) is 1. The average molecular weight is 373 g/mol. The van der Waals surface area contributed by atoms with Gasteiger partial charge in [-0.05, 0) is 43.8 Å². The van der Waals surface area contributed by atoms with Crippen molar-refractivity contribution in [1.29, 1.82) is 0 Å². The van der Waals surface area contributed by atoms with E-state index in [1.807, 2.05) is 19.0 Å². The number of hydrogen-bond donors (Lipinski definition) is 1. The Balaban J connectivity index is 2.13. The maximum atomic E-state index is 12.3. The molecule has 1 N–H and O–H groups in total. The van der Waals surface area contributed by atoms with Crippen molar-refractivity contribution in [2.24, 2.45) is 0 Å². The Morgan fingerprint density at radius 3 is 2.30 bits per heavy atom. The van der Waals surface area contributed by atoms with E-state index in [0.717, 1.165) is 23.3 Å². The van der Waals surface area contributed by atoms with Gasteiger partial charge in [-0.15, -0.1) is 11.3 Å². The zero-order chi connectivity index (χ0) is 17.0. The van der Waals surface area contributed by atoms with Gasteiger partial charge in [-0.2, -0.15) is 0 Å². The van der Waals surface area contributed by atoms with Crippen LogP contribution < -0.4 is 4.72 Å². The molecule has 0 aliphatic rings. The Kier molecular flexibility index (Phi) is 6.22. The van der Waals surface area contributed by atoms with Gasteiger partial charge in [-0.1, -0.05) is 42.8 Å². The standard InChI is InChI=1S/C16H21ClN2O2S2/c1-4-12-5-7-13(8-6-12)14(19(2)3)11-18-23(20,21)16-10-9-15(17)22-16/h5-10,14,18H,4,11H2,1-3H3/t14-/m1/s1. The van der Waals surface area contributed by atoms with Crippen molar-refractivity contribution in [1.82, 2.24) is 9.62 Å². The largest absolute Gasteiger partial charge is 0.301 e. The summed E-state index contributed by atoms with van der Waals surface area (Å²) >= 11 is 6.88. The fraction of sp³-hybridized carbons (Fsp3) is 0.375. The molecule has 4 nitrogen and oxygen atoms in total. The summed E-state index contributed by atoms with van der Waals surface area (Å²) in [4.78, 5) is 2.00. The predicted molar refractivity (Wildman–Crippen MR) is 96.8 cm³/mol. The quantitative estimate of drug-likeness (QED) is 0.808. The Morgan fingerprint density at radius 2 is 1.83 bits per heavy atom. The van der Waals surface area contributed by atoms with Crippen molar-refractivity contribution >= 4 is 33.0 Å². The first-order valence-electron chi connectivity index (χ1n) is 7.33. The third-order valence-electron chi connectivity index (χ3n) is 3.68. The van der Waals surface area contributed by atoms with Crippen molar-refractivity contribution < 1.29 is 8.42 Å². The number of aryl methyl sites for hydroxylation is 1. The molecule has 0 aliphatic carbocycles. The third-order valence-corrected chi connectivity index (χ3v) is 6.82. The van der Waals surface area contributed by atoms with Crippen molar-refractivity contribution in [3.05, 3.63) is 51.9 Å².